The predicted octanol–water partition coefficient (Wildman–Crippen LogP) is 4.46. The van der Waals surface area contributed by atoms with Gasteiger partial charge >= 0.3 is 0 Å². The molecule has 3 aromatic carbocycles. The Morgan fingerprint density at radius 1 is 0.643 bits per heavy atom. The van der Waals surface area contributed by atoms with E-state index in [1.54, 1.807) is 12.2 Å². The zero-order chi connectivity index (χ0) is 19.8. The minimum absolute atomic E-state index is 0.432. The summed E-state index contributed by atoms with van der Waals surface area (Å²) in [6.07, 6.45) is 3.39. The van der Waals surface area contributed by atoms with Crippen molar-refractivity contribution in [3.8, 4) is 11.5 Å². The van der Waals surface area contributed by atoms with E-state index in [0.29, 0.717) is 13.2 Å². The van der Waals surface area contributed by atoms with Gasteiger partial charge in [0.15, 0.2) is 7.14 Å². The third-order valence-corrected chi connectivity index (χ3v) is 7.33. The number of hydrogen-bond acceptors (Lipinski definition) is 3. The van der Waals surface area contributed by atoms with E-state index in [-0.39, 0.29) is 0 Å². The van der Waals surface area contributed by atoms with E-state index in [4.69, 9.17) is 9.47 Å². The molecule has 0 saturated carbocycles. The van der Waals surface area contributed by atoms with Gasteiger partial charge in [0.25, 0.3) is 0 Å². The first-order valence-electron chi connectivity index (χ1n) is 9.03. The fraction of sp³-hybridized carbons (Fsp3) is 0.0833. The Bertz CT molecular complexity index is 901. The zero-order valence-electron chi connectivity index (χ0n) is 15.7. The highest BCUT2D eigenvalue weighted by molar-refractivity contribution is 7.85. The maximum absolute atomic E-state index is 14.4. The molecule has 142 valence electrons. The standard InChI is InChI=1S/C24H23O3P/c1-3-18-26-20-10-14-23(15-11-20)28(25,22-8-6-5-7-9-22)24-16-12-21(13-17-24)27-19-4-2/h3-17H,1-2,18-19H2. The van der Waals surface area contributed by atoms with Gasteiger partial charge in [0.1, 0.15) is 24.7 Å². The molecule has 0 fully saturated rings. The summed E-state index contributed by atoms with van der Waals surface area (Å²) in [6, 6.07) is 24.4. The van der Waals surface area contributed by atoms with Gasteiger partial charge in [-0.25, -0.2) is 0 Å². The molecule has 0 saturated heterocycles. The van der Waals surface area contributed by atoms with E-state index in [1.165, 1.54) is 0 Å². The highest BCUT2D eigenvalue weighted by atomic mass is 31.2. The van der Waals surface area contributed by atoms with E-state index in [9.17, 15) is 4.57 Å². The lowest BCUT2D eigenvalue weighted by Gasteiger charge is -2.20. The molecule has 0 heterocycles. The van der Waals surface area contributed by atoms with Crippen LogP contribution in [0.25, 0.3) is 0 Å². The summed E-state index contributed by atoms with van der Waals surface area (Å²) < 4.78 is 25.5. The number of ether oxygens (including phenoxy) is 2. The van der Waals surface area contributed by atoms with Crippen molar-refractivity contribution in [3.05, 3.63) is 104 Å². The first kappa shape index (κ1) is 19.7. The fourth-order valence-electron chi connectivity index (χ4n) is 2.90. The molecule has 0 amide bonds. The summed E-state index contributed by atoms with van der Waals surface area (Å²) in [5.41, 5.74) is 0. The molecule has 0 aliphatic carbocycles. The topological polar surface area (TPSA) is 35.5 Å². The molecular weight excluding hydrogens is 367 g/mol. The van der Waals surface area contributed by atoms with Crippen molar-refractivity contribution in [1.29, 1.82) is 0 Å². The second-order valence-electron chi connectivity index (χ2n) is 6.13. The van der Waals surface area contributed by atoms with Gasteiger partial charge in [-0.05, 0) is 48.5 Å². The van der Waals surface area contributed by atoms with Gasteiger partial charge < -0.3 is 14.0 Å². The summed E-state index contributed by atoms with van der Waals surface area (Å²) in [6.45, 7) is 8.17. The van der Waals surface area contributed by atoms with Crippen LogP contribution in [-0.4, -0.2) is 13.2 Å². The quantitative estimate of drug-likeness (QED) is 0.400. The van der Waals surface area contributed by atoms with Crippen molar-refractivity contribution in [2.75, 3.05) is 13.2 Å². The summed E-state index contributed by atoms with van der Waals surface area (Å²) in [4.78, 5) is 0. The van der Waals surface area contributed by atoms with Gasteiger partial charge in [0.05, 0.1) is 0 Å². The summed E-state index contributed by atoms with van der Waals surface area (Å²) in [7, 11) is -3.02. The van der Waals surface area contributed by atoms with Gasteiger partial charge in [-0.1, -0.05) is 55.6 Å². The van der Waals surface area contributed by atoms with Crippen LogP contribution >= 0.6 is 7.14 Å². The highest BCUT2D eigenvalue weighted by Gasteiger charge is 2.29. The van der Waals surface area contributed by atoms with Crippen LogP contribution in [0.1, 0.15) is 0 Å². The lowest BCUT2D eigenvalue weighted by atomic mass is 10.3. The van der Waals surface area contributed by atoms with Crippen LogP contribution < -0.4 is 25.4 Å². The molecule has 0 bridgehead atoms. The molecule has 0 atom stereocenters. The zero-order valence-corrected chi connectivity index (χ0v) is 16.6. The lowest BCUT2D eigenvalue weighted by Crippen LogP contribution is -2.25. The molecule has 0 aliphatic heterocycles. The van der Waals surface area contributed by atoms with Crippen LogP contribution in [0.3, 0.4) is 0 Å². The number of benzene rings is 3. The van der Waals surface area contributed by atoms with Crippen molar-refractivity contribution < 1.29 is 14.0 Å². The molecule has 0 spiro atoms. The second-order valence-corrected chi connectivity index (χ2v) is 8.90. The van der Waals surface area contributed by atoms with Gasteiger partial charge in [0, 0.05) is 15.9 Å². The SMILES string of the molecule is C=CCOc1ccc(P(=O)(c2ccccc2)c2ccc(OCC=C)cc2)cc1. The van der Waals surface area contributed by atoms with E-state index in [2.05, 4.69) is 13.2 Å². The van der Waals surface area contributed by atoms with Gasteiger partial charge in [0.2, 0.25) is 0 Å². The second kappa shape index (κ2) is 9.25. The van der Waals surface area contributed by atoms with Crippen molar-refractivity contribution in [1.82, 2.24) is 0 Å². The third kappa shape index (κ3) is 4.27. The molecule has 0 radical (unpaired) electrons. The number of hydrogen-bond donors (Lipinski definition) is 0. The van der Waals surface area contributed by atoms with Crippen LogP contribution in [0.4, 0.5) is 0 Å². The Labute approximate surface area is 166 Å². The molecular formula is C24H23O3P. The van der Waals surface area contributed by atoms with Crippen LogP contribution in [0.15, 0.2) is 104 Å². The fourth-order valence-corrected chi connectivity index (χ4v) is 5.52. The summed E-state index contributed by atoms with van der Waals surface area (Å²) >= 11 is 0. The van der Waals surface area contributed by atoms with Crippen LogP contribution in [0, 0.1) is 0 Å². The van der Waals surface area contributed by atoms with Gasteiger partial charge in [-0.15, -0.1) is 0 Å². The normalized spacial score (nSPS) is 10.9. The van der Waals surface area contributed by atoms with E-state index >= 15 is 0 Å². The third-order valence-electron chi connectivity index (χ3n) is 4.26. The van der Waals surface area contributed by atoms with E-state index in [1.807, 2.05) is 78.9 Å². The maximum atomic E-state index is 14.4. The van der Waals surface area contributed by atoms with Crippen molar-refractivity contribution in [2.24, 2.45) is 0 Å². The van der Waals surface area contributed by atoms with Crippen LogP contribution in [0.2, 0.25) is 0 Å². The van der Waals surface area contributed by atoms with Crippen molar-refractivity contribution >= 4 is 23.1 Å². The van der Waals surface area contributed by atoms with Gasteiger partial charge in [-0.2, -0.15) is 0 Å². The van der Waals surface area contributed by atoms with E-state index in [0.717, 1.165) is 27.4 Å². The maximum Gasteiger partial charge on any atom is 0.171 e. The minimum atomic E-state index is -3.02. The summed E-state index contributed by atoms with van der Waals surface area (Å²) in [5.74, 6) is 1.44. The Kier molecular flexibility index (Phi) is 6.52. The first-order valence-corrected chi connectivity index (χ1v) is 10.7. The Morgan fingerprint density at radius 2 is 1.04 bits per heavy atom. The monoisotopic (exact) mass is 390 g/mol. The van der Waals surface area contributed by atoms with Crippen LogP contribution in [-0.2, 0) is 4.57 Å². The molecule has 0 unspecified atom stereocenters. The Hall–Kier alpha value is -3.03. The Balaban J connectivity index is 2.03. The smallest absolute Gasteiger partial charge is 0.171 e. The number of rotatable bonds is 9. The predicted molar refractivity (Wildman–Crippen MR) is 117 cm³/mol. The lowest BCUT2D eigenvalue weighted by molar-refractivity contribution is 0.363. The molecule has 28 heavy (non-hydrogen) atoms. The molecule has 0 aliphatic rings. The van der Waals surface area contributed by atoms with Crippen molar-refractivity contribution in [2.45, 2.75) is 0 Å². The largest absolute Gasteiger partial charge is 0.490 e. The van der Waals surface area contributed by atoms with Crippen molar-refractivity contribution in [3.63, 3.8) is 0 Å². The average molecular weight is 390 g/mol. The van der Waals surface area contributed by atoms with Gasteiger partial charge in [-0.3, -0.25) is 0 Å². The summed E-state index contributed by atoms with van der Waals surface area (Å²) in [5, 5.41) is 2.29. The first-order chi connectivity index (χ1) is 13.7. The molecule has 0 N–H and O–H groups in total. The highest BCUT2D eigenvalue weighted by Crippen LogP contribution is 2.42. The average Bonchev–Trinajstić information content (AvgIpc) is 2.77. The molecule has 3 rings (SSSR count). The minimum Gasteiger partial charge on any atom is -0.490 e. The molecule has 3 nitrogen and oxygen atoms in total. The molecule has 0 aromatic heterocycles. The molecule has 3 aromatic rings. The Morgan fingerprint density at radius 3 is 1.43 bits per heavy atom. The van der Waals surface area contributed by atoms with E-state index < -0.39 is 7.14 Å². The molecule has 4 heteroatoms. The van der Waals surface area contributed by atoms with Crippen LogP contribution in [0.5, 0.6) is 11.5 Å².